The summed E-state index contributed by atoms with van der Waals surface area (Å²) in [5.74, 6) is -0.713. The highest BCUT2D eigenvalue weighted by Crippen LogP contribution is 2.82. The molecule has 56 heteroatoms. The van der Waals surface area contributed by atoms with Gasteiger partial charge in [-0.25, -0.2) is 53.2 Å². The van der Waals surface area contributed by atoms with E-state index in [0.717, 1.165) is 9.47 Å². The normalized spacial score (nSPS) is 29.2. The van der Waals surface area contributed by atoms with Crippen molar-refractivity contribution in [2.75, 3.05) is 13.2 Å². The molecule has 47 nitrogen and oxygen atoms in total. The lowest BCUT2D eigenvalue weighted by Crippen LogP contribution is -2.39. The van der Waals surface area contributed by atoms with Crippen LogP contribution in [0.25, 0.3) is 16.9 Å². The van der Waals surface area contributed by atoms with E-state index in [4.69, 9.17) is 74.1 Å². The molecule has 0 bridgehead atoms. The number of amides is 2. The topological polar surface area (TPSA) is 625 Å². The van der Waals surface area contributed by atoms with Crippen LogP contribution >= 0.6 is 60.8 Å². The molecule has 5 aliphatic rings. The number of imidazole rings is 4. The largest absolute Gasteiger partial charge is 0.514 e. The van der Waals surface area contributed by atoms with Crippen LogP contribution in [0.3, 0.4) is 0 Å². The molecule has 0 aliphatic carbocycles. The molecule has 2 amide bonds. The Balaban J connectivity index is 0.000000150. The Hall–Kier alpha value is -10.2. The molecular weight excluding hydrogens is 1910 g/mol. The zero-order chi connectivity index (χ0) is 95.5. The van der Waals surface area contributed by atoms with Crippen molar-refractivity contribution in [3.05, 3.63) is 247 Å². The summed E-state index contributed by atoms with van der Waals surface area (Å²) in [6.45, 7) is 8.86. The number of nitrogens with zero attached hydrogens (tertiary/aromatic N) is 9. The van der Waals surface area contributed by atoms with Gasteiger partial charge in [0, 0.05) is 85.9 Å². The average Bonchev–Trinajstić information content (AvgIpc) is 1.14. The van der Waals surface area contributed by atoms with Gasteiger partial charge in [0.2, 0.25) is 25.2 Å². The molecule has 5 fully saturated rings. The minimum Gasteiger partial charge on any atom is -0.447 e. The number of pyridine rings is 3. The summed E-state index contributed by atoms with van der Waals surface area (Å²) < 4.78 is 207. The van der Waals surface area contributed by atoms with Gasteiger partial charge in [-0.2, -0.15) is 0 Å². The Morgan fingerprint density at radius 1 is 0.439 bits per heavy atom. The van der Waals surface area contributed by atoms with Gasteiger partial charge in [0.05, 0.1) is 60.0 Å². The Morgan fingerprint density at radius 3 is 1.09 bits per heavy atom. The van der Waals surface area contributed by atoms with Crippen LogP contribution in [0.1, 0.15) is 106 Å². The lowest BCUT2D eigenvalue weighted by molar-refractivity contribution is -0.0619. The number of cyclic esters (lactones) is 1. The number of halogens is 1. The standard InChI is InChI=1S/C20H21FN2O9P2.C20H19N3O10P2.C20H22N2O9P2.C16H20N2O10P2/c1-13(2)29-19(24)30-16-8-4-3-7-15(16)18-31-33(25,26)20(21,34(27,28)32-18)11-14-12-22-17-9-5-6-10-23(14)17;24-19-23(9-10-30-19)20(25)31-15-6-2-1-5-14(15)18-32-34(26,27)17(35(28,29)33-18)11-13-12-21-16-7-3-4-8-22(13)16;1-13(2)28-20(23)29-16-8-4-3-7-15(16)19-30-32(24,25)18(33(26,27)31-19)11-14-12-21-17-9-5-6-10-22(14)17;1-11(2)25-15(19)26-13-6-4-3-5-12(13)14-27-29(21,22)16(20,30(23,24)28-14)9-18-8-7-17-10-18/h3-10,12-13,18H,11H2,1-2H3,(H,25,26)(H,27,28);1-8,12,17-18H,9-11H2,(H,26,27)(H,28,29);3-10,12-13,18-19H,11H2,1-2H3,(H,24,25)(H,26,27);3-8,10-11,14,20H,9H2,1-2H3,(H,21,22)(H,23,24). The van der Waals surface area contributed by atoms with Crippen molar-refractivity contribution < 1.29 is 183 Å². The fourth-order valence-corrected chi connectivity index (χ4v) is 27.7. The van der Waals surface area contributed by atoms with Gasteiger partial charge in [-0.3, -0.25) is 72.7 Å². The minimum absolute atomic E-state index is 0.0136. The molecule has 12 heterocycles. The monoisotopic (exact) mass is 2000 g/mol. The number of aromatic nitrogens is 8. The number of benzene rings is 4. The molecule has 16 rings (SSSR count). The van der Waals surface area contributed by atoms with Crippen LogP contribution in [-0.4, -0.2) is 170 Å². The van der Waals surface area contributed by atoms with Gasteiger partial charge in [-0.05, 0) is 102 Å². The highest BCUT2D eigenvalue weighted by molar-refractivity contribution is 7.74. The maximum atomic E-state index is 15.9. The summed E-state index contributed by atoms with van der Waals surface area (Å²) in [6, 6.07) is 37.8. The fourth-order valence-electron chi connectivity index (χ4n) is 13.1. The van der Waals surface area contributed by atoms with E-state index >= 15 is 4.39 Å². The summed E-state index contributed by atoms with van der Waals surface area (Å²) in [7, 11) is -40.1. The predicted molar refractivity (Wildman–Crippen MR) is 450 cm³/mol. The van der Waals surface area contributed by atoms with Crippen LogP contribution in [-0.2, 0) is 117 Å². The maximum Gasteiger partial charge on any atom is 0.514 e. The van der Waals surface area contributed by atoms with E-state index in [1.807, 2.05) is 0 Å². The summed E-state index contributed by atoms with van der Waals surface area (Å²) in [5.41, 5.74) is 1.98. The molecule has 0 saturated carbocycles. The lowest BCUT2D eigenvalue weighted by Gasteiger charge is -2.41. The van der Waals surface area contributed by atoms with E-state index in [2.05, 4.69) is 19.9 Å². The summed E-state index contributed by atoms with van der Waals surface area (Å²) in [6.07, 6.45) is -2.78. The van der Waals surface area contributed by atoms with Crippen LogP contribution in [0.4, 0.5) is 28.4 Å². The second-order valence-electron chi connectivity index (χ2n) is 29.7. The number of hydrogen-bond donors (Lipinski definition) is 9. The Labute approximate surface area is 745 Å². The summed E-state index contributed by atoms with van der Waals surface area (Å²) in [5, 5.41) is 0.299. The number of aliphatic hydroxyl groups is 1. The van der Waals surface area contributed by atoms with E-state index in [1.165, 1.54) is 145 Å². The Bertz CT molecular complexity index is 6450. The van der Waals surface area contributed by atoms with Gasteiger partial charge >= 0.3 is 96.6 Å². The summed E-state index contributed by atoms with van der Waals surface area (Å²) >= 11 is 0. The summed E-state index contributed by atoms with van der Waals surface area (Å²) in [4.78, 5) is 161. The fraction of sp³-hybridized carbons (Fsp3) is 0.303. The van der Waals surface area contributed by atoms with E-state index in [1.54, 1.807) is 117 Å². The SMILES string of the molecule is CC(C)OC(=O)Oc1ccccc1C1OP(=O)(O)C(Cc2cnc3ccccn23)P(=O)(O)O1.CC(C)OC(=O)Oc1ccccc1C1OP(=O)(O)C(F)(Cc2cnc3ccccn23)P(=O)(O)O1.CC(C)OC(=O)Oc1ccccc1C1OP(=O)(O)C(O)(Cn2ccnc2)P(=O)(O)O1.O=C1OCCN1C(=O)Oc1ccccc1C1OP(=O)(O)C(Cc2cnc3ccccn23)P(=O)(O)O1. The Kier molecular flexibility index (Phi) is 29.9. The molecule has 5 aliphatic heterocycles. The number of alkyl halides is 1. The predicted octanol–water partition coefficient (Wildman–Crippen LogP) is 14.6. The molecule has 8 atom stereocenters. The molecule has 4 aromatic carbocycles. The third kappa shape index (κ3) is 22.1. The number of fused-ring (bicyclic) bond motifs is 3. The average molecular weight is 2000 g/mol. The number of ether oxygens (including phenoxy) is 8. The number of hydrogen-bond acceptors (Lipinski definition) is 34. The zero-order valence-electron chi connectivity index (χ0n) is 69.4. The van der Waals surface area contributed by atoms with Crippen LogP contribution in [0.15, 0.2) is 208 Å². The first-order valence-corrected chi connectivity index (χ1v) is 51.9. The van der Waals surface area contributed by atoms with Gasteiger partial charge in [-0.1, -0.05) is 91.0 Å². The molecular formula is C76H82FN9O38P8. The van der Waals surface area contributed by atoms with E-state index in [0.29, 0.717) is 28.3 Å². The molecule has 706 valence electrons. The van der Waals surface area contributed by atoms with Gasteiger partial charge in [-0.15, -0.1) is 0 Å². The highest BCUT2D eigenvalue weighted by atomic mass is 31.3. The highest BCUT2D eigenvalue weighted by Gasteiger charge is 2.71. The van der Waals surface area contributed by atoms with Crippen LogP contribution in [0.2, 0.25) is 0 Å². The number of imide groups is 1. The van der Waals surface area contributed by atoms with E-state index in [-0.39, 0.29) is 76.9 Å². The third-order valence-electron chi connectivity index (χ3n) is 19.3. The third-order valence-corrected chi connectivity index (χ3v) is 37.6. The Morgan fingerprint density at radius 2 is 0.758 bits per heavy atom. The molecule has 7 aromatic heterocycles. The quantitative estimate of drug-likeness (QED) is 0.0157. The number of carbonyl (C=O) groups excluding carboxylic acids is 5. The smallest absolute Gasteiger partial charge is 0.447 e. The van der Waals surface area contributed by atoms with Crippen molar-refractivity contribution in [3.63, 3.8) is 0 Å². The molecule has 132 heavy (non-hydrogen) atoms. The van der Waals surface area contributed by atoms with Gasteiger partial charge in [0.25, 0.3) is 5.08 Å². The first kappa shape index (κ1) is 99.3. The van der Waals surface area contributed by atoms with Crippen LogP contribution in [0, 0.1) is 0 Å². The van der Waals surface area contributed by atoms with Crippen molar-refractivity contribution in [1.82, 2.24) is 42.6 Å². The van der Waals surface area contributed by atoms with Crippen LogP contribution < -0.4 is 18.9 Å². The number of rotatable bonds is 19. The second-order valence-corrected chi connectivity index (χ2v) is 46.9. The molecule has 0 spiro atoms. The van der Waals surface area contributed by atoms with Gasteiger partial charge < -0.3 is 99.9 Å². The second kappa shape index (κ2) is 39.8. The van der Waals surface area contributed by atoms with Crippen molar-refractivity contribution in [2.45, 2.75) is 132 Å². The first-order valence-electron chi connectivity index (χ1n) is 39.0. The van der Waals surface area contributed by atoms with Crippen molar-refractivity contribution in [2.24, 2.45) is 0 Å². The van der Waals surface area contributed by atoms with Crippen molar-refractivity contribution in [1.29, 1.82) is 0 Å². The lowest BCUT2D eigenvalue weighted by atomic mass is 10.2. The van der Waals surface area contributed by atoms with Crippen LogP contribution in [0.5, 0.6) is 23.0 Å². The molecule has 5 saturated heterocycles. The van der Waals surface area contributed by atoms with E-state index < -0.39 is 169 Å². The number of para-hydroxylation sites is 4. The van der Waals surface area contributed by atoms with Gasteiger partial charge in [0.15, 0.2) is 10.8 Å². The van der Waals surface area contributed by atoms with Crippen molar-refractivity contribution in [3.8, 4) is 23.0 Å². The number of carbonyl (C=O) groups is 5. The first-order chi connectivity index (χ1) is 62.1. The molecule has 8 unspecified atom stereocenters. The van der Waals surface area contributed by atoms with E-state index in [9.17, 15) is 105 Å². The molecule has 9 N–H and O–H groups in total. The molecule has 11 aromatic rings. The maximum absolute atomic E-state index is 15.9. The van der Waals surface area contributed by atoms with Gasteiger partial charge in [0.1, 0.15) is 46.5 Å². The zero-order valence-corrected chi connectivity index (χ0v) is 76.6. The van der Waals surface area contributed by atoms with Crippen molar-refractivity contribution >= 4 is 108 Å². The minimum atomic E-state index is -5.47. The molecule has 0 radical (unpaired) electrons.